The van der Waals surface area contributed by atoms with Crippen LogP contribution in [0.3, 0.4) is 0 Å². The zero-order valence-electron chi connectivity index (χ0n) is 41.7. The highest BCUT2D eigenvalue weighted by Gasteiger charge is 2.31. The van der Waals surface area contributed by atoms with E-state index in [1.165, 1.54) is 99.0 Å². The van der Waals surface area contributed by atoms with Crippen LogP contribution in [-0.4, -0.2) is 4.57 Å². The lowest BCUT2D eigenvalue weighted by Gasteiger charge is -2.23. The molecule has 14 aromatic rings. The molecule has 15 rings (SSSR count). The van der Waals surface area contributed by atoms with Crippen molar-refractivity contribution < 1.29 is 4.42 Å². The Kier molecular flexibility index (Phi) is 10.4. The SMILES string of the molecule is C1=C(c2ccccc2)CC(c2ccc3c4ccccc4n(-c4cccc(-c5ccc6c(-c7ccccc7)c7ccccc7c(-c7ccccc7)c6c5)c4)c3c2)c2oc3c(-c4ccccc4)cc(-c4ccccc4)cc3c21. The molecule has 0 aliphatic heterocycles. The van der Waals surface area contributed by atoms with Gasteiger partial charge in [-0.1, -0.05) is 231 Å². The molecule has 76 heavy (non-hydrogen) atoms. The van der Waals surface area contributed by atoms with E-state index in [0.717, 1.165) is 51.1 Å². The smallest absolute Gasteiger partial charge is 0.142 e. The zero-order valence-corrected chi connectivity index (χ0v) is 41.7. The van der Waals surface area contributed by atoms with Crippen LogP contribution in [0.1, 0.15) is 34.8 Å². The predicted molar refractivity (Wildman–Crippen MR) is 320 cm³/mol. The number of aromatic nitrogens is 1. The zero-order chi connectivity index (χ0) is 50.1. The van der Waals surface area contributed by atoms with Crippen LogP contribution in [0.15, 0.2) is 277 Å². The number of nitrogens with zero attached hydrogens (tertiary/aromatic N) is 1. The summed E-state index contributed by atoms with van der Waals surface area (Å²) in [6.07, 6.45) is 3.20. The molecule has 1 aliphatic rings. The van der Waals surface area contributed by atoms with Gasteiger partial charge in [-0.05, 0) is 143 Å². The summed E-state index contributed by atoms with van der Waals surface area (Å²) in [5.41, 5.74) is 21.2. The van der Waals surface area contributed by atoms with E-state index >= 15 is 0 Å². The summed E-state index contributed by atoms with van der Waals surface area (Å²) in [6.45, 7) is 0. The Hall–Kier alpha value is -9.76. The summed E-state index contributed by atoms with van der Waals surface area (Å²) in [5.74, 6) is 0.970. The van der Waals surface area contributed by atoms with Gasteiger partial charge in [0.1, 0.15) is 11.3 Å². The van der Waals surface area contributed by atoms with Crippen molar-refractivity contribution >= 4 is 66.0 Å². The number of furan rings is 1. The number of benzene rings is 12. The Morgan fingerprint density at radius 1 is 0.329 bits per heavy atom. The number of hydrogen-bond acceptors (Lipinski definition) is 1. The molecule has 356 valence electrons. The number of hydrogen-bond donors (Lipinski definition) is 0. The van der Waals surface area contributed by atoms with Crippen molar-refractivity contribution in [3.63, 3.8) is 0 Å². The van der Waals surface area contributed by atoms with E-state index < -0.39 is 0 Å². The Morgan fingerprint density at radius 2 is 0.842 bits per heavy atom. The lowest BCUT2D eigenvalue weighted by atomic mass is 9.80. The maximum atomic E-state index is 7.34. The normalized spacial score (nSPS) is 13.4. The van der Waals surface area contributed by atoms with Crippen LogP contribution in [0.2, 0.25) is 0 Å². The van der Waals surface area contributed by atoms with Gasteiger partial charge in [-0.25, -0.2) is 0 Å². The second kappa shape index (κ2) is 18.0. The van der Waals surface area contributed by atoms with Crippen molar-refractivity contribution in [2.45, 2.75) is 12.3 Å². The van der Waals surface area contributed by atoms with Gasteiger partial charge in [-0.15, -0.1) is 0 Å². The molecule has 1 atom stereocenters. The molecule has 0 fully saturated rings. The largest absolute Gasteiger partial charge is 0.459 e. The topological polar surface area (TPSA) is 18.1 Å². The van der Waals surface area contributed by atoms with Gasteiger partial charge in [0.15, 0.2) is 0 Å². The Bertz CT molecular complexity index is 4570. The van der Waals surface area contributed by atoms with E-state index in [1.807, 2.05) is 0 Å². The molecule has 1 unspecified atom stereocenters. The van der Waals surface area contributed by atoms with E-state index in [0.29, 0.717) is 0 Å². The highest BCUT2D eigenvalue weighted by molar-refractivity contribution is 6.22. The maximum absolute atomic E-state index is 7.34. The minimum Gasteiger partial charge on any atom is -0.459 e. The molecule has 0 radical (unpaired) electrons. The summed E-state index contributed by atoms with van der Waals surface area (Å²) in [7, 11) is 0. The Morgan fingerprint density at radius 3 is 1.53 bits per heavy atom. The first-order valence-corrected chi connectivity index (χ1v) is 26.4. The van der Waals surface area contributed by atoms with Crippen LogP contribution in [0.4, 0.5) is 0 Å². The monoisotopic (exact) mass is 967 g/mol. The molecule has 12 aromatic carbocycles. The van der Waals surface area contributed by atoms with Gasteiger partial charge in [0.25, 0.3) is 0 Å². The van der Waals surface area contributed by atoms with Gasteiger partial charge in [0.05, 0.1) is 11.0 Å². The molecular weight excluding hydrogens is 919 g/mol. The van der Waals surface area contributed by atoms with Crippen LogP contribution in [0, 0.1) is 0 Å². The second-order valence-corrected chi connectivity index (χ2v) is 20.3. The molecule has 0 saturated heterocycles. The summed E-state index contributed by atoms with van der Waals surface area (Å²) >= 11 is 0. The first-order valence-electron chi connectivity index (χ1n) is 26.4. The molecule has 0 N–H and O–H groups in total. The van der Waals surface area contributed by atoms with Gasteiger partial charge in [-0.3, -0.25) is 0 Å². The van der Waals surface area contributed by atoms with Crippen molar-refractivity contribution in [2.24, 2.45) is 0 Å². The molecule has 1 aliphatic carbocycles. The molecular formula is C74H49NO. The molecule has 2 aromatic heterocycles. The lowest BCUT2D eigenvalue weighted by molar-refractivity contribution is 0.520. The summed E-state index contributed by atoms with van der Waals surface area (Å²) in [5, 5.41) is 8.57. The average Bonchev–Trinajstić information content (AvgIpc) is 4.10. The highest BCUT2D eigenvalue weighted by Crippen LogP contribution is 2.50. The molecule has 2 heterocycles. The number of fused-ring (bicyclic) bond motifs is 8. The van der Waals surface area contributed by atoms with Crippen LogP contribution in [-0.2, 0) is 0 Å². The van der Waals surface area contributed by atoms with Crippen molar-refractivity contribution in [1.82, 2.24) is 4.57 Å². The predicted octanol–water partition coefficient (Wildman–Crippen LogP) is 20.2. The third kappa shape index (κ3) is 7.25. The van der Waals surface area contributed by atoms with E-state index in [9.17, 15) is 0 Å². The number of allylic oxidation sites excluding steroid dienone is 1. The molecule has 2 heteroatoms. The van der Waals surface area contributed by atoms with E-state index in [-0.39, 0.29) is 5.92 Å². The number of rotatable bonds is 8. The van der Waals surface area contributed by atoms with Gasteiger partial charge in [-0.2, -0.15) is 0 Å². The van der Waals surface area contributed by atoms with Crippen molar-refractivity contribution in [1.29, 1.82) is 0 Å². The number of para-hydroxylation sites is 1. The van der Waals surface area contributed by atoms with E-state index in [4.69, 9.17) is 4.42 Å². The quantitative estimate of drug-likeness (QED) is 0.139. The van der Waals surface area contributed by atoms with Crippen molar-refractivity contribution in [2.75, 3.05) is 0 Å². The van der Waals surface area contributed by atoms with Crippen molar-refractivity contribution in [3.05, 3.63) is 295 Å². The second-order valence-electron chi connectivity index (χ2n) is 20.3. The minimum atomic E-state index is -0.0399. The summed E-state index contributed by atoms with van der Waals surface area (Å²) < 4.78 is 9.82. The lowest BCUT2D eigenvalue weighted by Crippen LogP contribution is -2.07. The van der Waals surface area contributed by atoms with Crippen LogP contribution < -0.4 is 0 Å². The van der Waals surface area contributed by atoms with Crippen LogP contribution >= 0.6 is 0 Å². The van der Waals surface area contributed by atoms with Gasteiger partial charge >= 0.3 is 0 Å². The summed E-state index contributed by atoms with van der Waals surface area (Å²) in [4.78, 5) is 0. The minimum absolute atomic E-state index is 0.0399. The summed E-state index contributed by atoms with van der Waals surface area (Å²) in [6, 6.07) is 99.9. The fraction of sp³-hybridized carbons (Fsp3) is 0.0270. The van der Waals surface area contributed by atoms with Gasteiger partial charge < -0.3 is 8.98 Å². The van der Waals surface area contributed by atoms with Gasteiger partial charge in [0, 0.05) is 38.9 Å². The fourth-order valence-corrected chi connectivity index (χ4v) is 12.4. The Labute approximate surface area is 441 Å². The Balaban J connectivity index is 0.915. The molecule has 0 spiro atoms. The van der Waals surface area contributed by atoms with E-state index in [1.54, 1.807) is 0 Å². The van der Waals surface area contributed by atoms with Gasteiger partial charge in [0.2, 0.25) is 0 Å². The third-order valence-corrected chi connectivity index (χ3v) is 15.9. The fourth-order valence-electron chi connectivity index (χ4n) is 12.4. The highest BCUT2D eigenvalue weighted by atomic mass is 16.3. The standard InChI is InChI=1S/C74H49NO/c1-6-21-48(22-7-1)56-43-64(50-25-10-3-11-26-50)73-67(45-56)68-46-57(49-23-8-2-9-24-49)44-65(74(68)76-73)55-38-39-60-59-33-18-19-36-69(59)75(70(60)47-55)58-32-20-31-53(41-58)54-37-40-63-66(42-54)72(52-29-14-5-15-30-52)62-35-17-16-34-61(62)71(63)51-27-12-4-13-28-51/h1-43,45-47,65H,44H2. The first kappa shape index (κ1) is 43.8. The van der Waals surface area contributed by atoms with Crippen LogP contribution in [0.25, 0.3) is 127 Å². The maximum Gasteiger partial charge on any atom is 0.142 e. The molecule has 0 saturated carbocycles. The molecule has 0 amide bonds. The molecule has 2 nitrogen and oxygen atoms in total. The average molecular weight is 968 g/mol. The van der Waals surface area contributed by atoms with Crippen molar-refractivity contribution in [3.8, 4) is 61.3 Å². The first-order chi connectivity index (χ1) is 37.7. The van der Waals surface area contributed by atoms with Crippen LogP contribution in [0.5, 0.6) is 0 Å². The molecule has 0 bridgehead atoms. The third-order valence-electron chi connectivity index (χ3n) is 15.9. The van der Waals surface area contributed by atoms with E-state index in [2.05, 4.69) is 284 Å².